The minimum atomic E-state index is -4.97. The van der Waals surface area contributed by atoms with Crippen LogP contribution in [0.2, 0.25) is 0 Å². The SMILES string of the molecule is O=C(Nc1ncccc1C#Cc1ccccc1)C(F)(F)F. The molecule has 0 spiro atoms. The average Bonchev–Trinajstić information content (AvgIpc) is 2.46. The molecule has 0 aliphatic carbocycles. The van der Waals surface area contributed by atoms with Crippen molar-refractivity contribution in [2.75, 3.05) is 5.32 Å². The number of nitrogens with zero attached hydrogens (tertiary/aromatic N) is 1. The molecule has 2 rings (SSSR count). The van der Waals surface area contributed by atoms with Crippen LogP contribution in [0.15, 0.2) is 48.7 Å². The highest BCUT2D eigenvalue weighted by molar-refractivity contribution is 5.95. The molecule has 1 heterocycles. The summed E-state index contributed by atoms with van der Waals surface area (Å²) in [6, 6.07) is 11.9. The third-order valence-electron chi connectivity index (χ3n) is 2.41. The second-order valence-corrected chi connectivity index (χ2v) is 3.97. The molecule has 1 aromatic heterocycles. The first-order chi connectivity index (χ1) is 9.97. The lowest BCUT2D eigenvalue weighted by molar-refractivity contribution is -0.167. The van der Waals surface area contributed by atoms with Crippen LogP contribution < -0.4 is 5.32 Å². The maximum atomic E-state index is 12.2. The zero-order valence-electron chi connectivity index (χ0n) is 10.6. The minimum absolute atomic E-state index is 0.207. The number of benzene rings is 1. The molecule has 0 radical (unpaired) electrons. The van der Waals surface area contributed by atoms with Crippen molar-refractivity contribution < 1.29 is 18.0 Å². The first-order valence-electron chi connectivity index (χ1n) is 5.87. The van der Waals surface area contributed by atoms with Gasteiger partial charge in [-0.15, -0.1) is 0 Å². The Morgan fingerprint density at radius 3 is 2.43 bits per heavy atom. The summed E-state index contributed by atoms with van der Waals surface area (Å²) in [6.07, 6.45) is -3.69. The van der Waals surface area contributed by atoms with E-state index in [2.05, 4.69) is 16.8 Å². The molecular formula is C15H9F3N2O. The summed E-state index contributed by atoms with van der Waals surface area (Å²) in [6.45, 7) is 0. The summed E-state index contributed by atoms with van der Waals surface area (Å²) in [5.41, 5.74) is 0.911. The Labute approximate surface area is 118 Å². The summed E-state index contributed by atoms with van der Waals surface area (Å²) < 4.78 is 36.7. The summed E-state index contributed by atoms with van der Waals surface area (Å²) in [7, 11) is 0. The van der Waals surface area contributed by atoms with Gasteiger partial charge in [-0.2, -0.15) is 13.2 Å². The van der Waals surface area contributed by atoms with Crippen molar-refractivity contribution in [2.24, 2.45) is 0 Å². The number of carbonyl (C=O) groups excluding carboxylic acids is 1. The van der Waals surface area contributed by atoms with Gasteiger partial charge < -0.3 is 5.32 Å². The van der Waals surface area contributed by atoms with Crippen LogP contribution in [-0.2, 0) is 4.79 Å². The number of carbonyl (C=O) groups is 1. The maximum Gasteiger partial charge on any atom is 0.471 e. The van der Waals surface area contributed by atoms with E-state index < -0.39 is 12.1 Å². The molecule has 0 aliphatic heterocycles. The van der Waals surface area contributed by atoms with Crippen LogP contribution in [0, 0.1) is 11.8 Å². The van der Waals surface area contributed by atoms with Gasteiger partial charge in [0.2, 0.25) is 0 Å². The Bertz CT molecular complexity index is 700. The monoisotopic (exact) mass is 290 g/mol. The number of pyridine rings is 1. The molecule has 1 N–H and O–H groups in total. The van der Waals surface area contributed by atoms with Gasteiger partial charge in [-0.1, -0.05) is 30.0 Å². The highest BCUT2D eigenvalue weighted by atomic mass is 19.4. The van der Waals surface area contributed by atoms with Gasteiger partial charge in [-0.05, 0) is 24.3 Å². The van der Waals surface area contributed by atoms with Crippen LogP contribution in [0.1, 0.15) is 11.1 Å². The number of halogens is 3. The van der Waals surface area contributed by atoms with Gasteiger partial charge in [0.05, 0.1) is 5.56 Å². The van der Waals surface area contributed by atoms with E-state index in [1.165, 1.54) is 18.3 Å². The van der Waals surface area contributed by atoms with Crippen LogP contribution in [0.4, 0.5) is 19.0 Å². The molecule has 3 nitrogen and oxygen atoms in total. The Morgan fingerprint density at radius 2 is 1.76 bits per heavy atom. The average molecular weight is 290 g/mol. The van der Waals surface area contributed by atoms with E-state index >= 15 is 0 Å². The highest BCUT2D eigenvalue weighted by Crippen LogP contribution is 2.18. The topological polar surface area (TPSA) is 42.0 Å². The number of amides is 1. The normalized spacial score (nSPS) is 10.4. The van der Waals surface area contributed by atoms with Crippen LogP contribution in [0.25, 0.3) is 0 Å². The molecular weight excluding hydrogens is 281 g/mol. The van der Waals surface area contributed by atoms with Crippen molar-refractivity contribution in [1.29, 1.82) is 0 Å². The molecule has 0 bridgehead atoms. The number of hydrogen-bond acceptors (Lipinski definition) is 2. The van der Waals surface area contributed by atoms with Gasteiger partial charge in [0.15, 0.2) is 0 Å². The fourth-order valence-corrected chi connectivity index (χ4v) is 1.45. The van der Waals surface area contributed by atoms with E-state index in [9.17, 15) is 18.0 Å². The van der Waals surface area contributed by atoms with Crippen LogP contribution in [0.5, 0.6) is 0 Å². The second-order valence-electron chi connectivity index (χ2n) is 3.97. The smallest absolute Gasteiger partial charge is 0.302 e. The molecule has 106 valence electrons. The van der Waals surface area contributed by atoms with Gasteiger partial charge in [0.1, 0.15) is 5.82 Å². The van der Waals surface area contributed by atoms with Crippen molar-refractivity contribution in [1.82, 2.24) is 4.98 Å². The zero-order valence-corrected chi connectivity index (χ0v) is 10.6. The lowest BCUT2D eigenvalue weighted by Gasteiger charge is -2.08. The molecule has 0 unspecified atom stereocenters. The fraction of sp³-hybridized carbons (Fsp3) is 0.0667. The summed E-state index contributed by atoms with van der Waals surface area (Å²) in [5.74, 6) is 3.18. The molecule has 0 aliphatic rings. The maximum absolute atomic E-state index is 12.2. The molecule has 0 saturated carbocycles. The molecule has 0 saturated heterocycles. The largest absolute Gasteiger partial charge is 0.471 e. The number of nitrogens with one attached hydrogen (secondary N) is 1. The predicted octanol–water partition coefficient (Wildman–Crippen LogP) is 2.98. The molecule has 0 atom stereocenters. The van der Waals surface area contributed by atoms with Crippen molar-refractivity contribution in [3.63, 3.8) is 0 Å². The third-order valence-corrected chi connectivity index (χ3v) is 2.41. The van der Waals surface area contributed by atoms with Crippen molar-refractivity contribution in [3.05, 3.63) is 59.8 Å². The molecule has 2 aromatic rings. The fourth-order valence-electron chi connectivity index (χ4n) is 1.45. The second kappa shape index (κ2) is 6.09. The quantitative estimate of drug-likeness (QED) is 0.820. The van der Waals surface area contributed by atoms with Gasteiger partial charge in [-0.25, -0.2) is 4.98 Å². The molecule has 21 heavy (non-hydrogen) atoms. The van der Waals surface area contributed by atoms with E-state index in [0.717, 1.165) is 0 Å². The number of anilines is 1. The van der Waals surface area contributed by atoms with Crippen LogP contribution in [0.3, 0.4) is 0 Å². The standard InChI is InChI=1S/C15H9F3N2O/c16-15(17,18)14(21)20-13-12(7-4-10-19-13)9-8-11-5-2-1-3-6-11/h1-7,10H,(H,19,20,21). The molecule has 6 heteroatoms. The summed E-state index contributed by atoms with van der Waals surface area (Å²) >= 11 is 0. The van der Waals surface area contributed by atoms with Crippen LogP contribution >= 0.6 is 0 Å². The molecule has 1 amide bonds. The first-order valence-corrected chi connectivity index (χ1v) is 5.87. The zero-order chi connectivity index (χ0) is 15.3. The van der Waals surface area contributed by atoms with E-state index in [4.69, 9.17) is 0 Å². The number of rotatable bonds is 1. The van der Waals surface area contributed by atoms with Gasteiger partial charge in [0.25, 0.3) is 0 Å². The van der Waals surface area contributed by atoms with Gasteiger partial charge in [-0.3, -0.25) is 4.79 Å². The molecule has 1 aromatic carbocycles. The van der Waals surface area contributed by atoms with Crippen molar-refractivity contribution in [2.45, 2.75) is 6.18 Å². The van der Waals surface area contributed by atoms with E-state index in [1.807, 2.05) is 6.07 Å². The first kappa shape index (κ1) is 14.6. The van der Waals surface area contributed by atoms with Gasteiger partial charge >= 0.3 is 12.1 Å². The molecule has 0 fully saturated rings. The summed E-state index contributed by atoms with van der Waals surface area (Å²) in [4.78, 5) is 14.6. The highest BCUT2D eigenvalue weighted by Gasteiger charge is 2.39. The van der Waals surface area contributed by atoms with Crippen LogP contribution in [-0.4, -0.2) is 17.1 Å². The Balaban J connectivity index is 2.26. The van der Waals surface area contributed by atoms with Crippen molar-refractivity contribution in [3.8, 4) is 11.8 Å². The van der Waals surface area contributed by atoms with Crippen molar-refractivity contribution >= 4 is 11.7 Å². The lowest BCUT2D eigenvalue weighted by atomic mass is 10.2. The predicted molar refractivity (Wildman–Crippen MR) is 71.3 cm³/mol. The van der Waals surface area contributed by atoms with E-state index in [1.54, 1.807) is 29.6 Å². The summed E-state index contributed by atoms with van der Waals surface area (Å²) in [5, 5.41) is 1.71. The van der Waals surface area contributed by atoms with E-state index in [0.29, 0.717) is 5.56 Å². The lowest BCUT2D eigenvalue weighted by Crippen LogP contribution is -2.30. The Kier molecular flexibility index (Phi) is 4.24. The Morgan fingerprint density at radius 1 is 1.05 bits per heavy atom. The number of aromatic nitrogens is 1. The number of hydrogen-bond donors (Lipinski definition) is 1. The van der Waals surface area contributed by atoms with Gasteiger partial charge in [0, 0.05) is 11.8 Å². The van der Waals surface area contributed by atoms with E-state index in [-0.39, 0.29) is 11.4 Å². The third kappa shape index (κ3) is 4.08. The minimum Gasteiger partial charge on any atom is -0.302 e. The number of alkyl halides is 3. The Hall–Kier alpha value is -2.81.